The molecule has 0 spiro atoms. The lowest BCUT2D eigenvalue weighted by molar-refractivity contribution is -0.123. The molecule has 1 aromatic carbocycles. The van der Waals surface area contributed by atoms with Crippen LogP contribution in [0, 0.1) is 5.82 Å². The fraction of sp³-hybridized carbons (Fsp3) is 0.462. The number of nitrogens with one attached hydrogen (secondary N) is 1. The number of amides is 1. The maximum Gasteiger partial charge on any atom is 0.257 e. The molecule has 3 rings (SSSR count). The molecule has 2 heterocycles. The molecule has 2 unspecified atom stereocenters. The highest BCUT2D eigenvalue weighted by molar-refractivity contribution is 6.02. The number of rotatable bonds is 1. The van der Waals surface area contributed by atoms with Crippen LogP contribution in [0.2, 0.25) is 0 Å². The summed E-state index contributed by atoms with van der Waals surface area (Å²) in [5.74, 6) is -0.940. The van der Waals surface area contributed by atoms with Gasteiger partial charge in [0.25, 0.3) is 5.91 Å². The van der Waals surface area contributed by atoms with Gasteiger partial charge in [-0.15, -0.1) is 0 Å². The molecule has 1 aromatic rings. The van der Waals surface area contributed by atoms with E-state index in [0.717, 1.165) is 0 Å². The minimum atomic E-state index is -1.28. The molecule has 5 nitrogen and oxygen atoms in total. The lowest BCUT2D eigenvalue weighted by atomic mass is 10.1. The third-order valence-electron chi connectivity index (χ3n) is 3.60. The zero-order chi connectivity index (χ0) is 13.6. The molecule has 2 N–H and O–H groups in total. The Kier molecular flexibility index (Phi) is 2.91. The third-order valence-corrected chi connectivity index (χ3v) is 3.60. The SMILES string of the molecule is CC1COCCN1c1cc2c(cc1F)C(O)C(=O)N2. The summed E-state index contributed by atoms with van der Waals surface area (Å²) in [6, 6.07) is 2.89. The largest absolute Gasteiger partial charge is 0.378 e. The van der Waals surface area contributed by atoms with Crippen LogP contribution in [0.4, 0.5) is 15.8 Å². The number of halogens is 1. The van der Waals surface area contributed by atoms with Gasteiger partial charge in [0.15, 0.2) is 6.10 Å². The number of aliphatic hydroxyl groups is 1. The number of morpholine rings is 1. The molecule has 0 aliphatic carbocycles. The number of hydrogen-bond acceptors (Lipinski definition) is 4. The standard InChI is InChI=1S/C13H15FN2O3/c1-7-6-19-3-2-16(7)11-5-10-8(4-9(11)14)12(17)13(18)15-10/h4-5,7,12,17H,2-3,6H2,1H3,(H,15,18). The number of hydrogen-bond donors (Lipinski definition) is 2. The predicted octanol–water partition coefficient (Wildman–Crippen LogP) is 1.04. The highest BCUT2D eigenvalue weighted by Gasteiger charge is 2.31. The van der Waals surface area contributed by atoms with Crippen LogP contribution in [0.25, 0.3) is 0 Å². The van der Waals surface area contributed by atoms with E-state index < -0.39 is 17.8 Å². The first-order valence-corrected chi connectivity index (χ1v) is 6.24. The van der Waals surface area contributed by atoms with Gasteiger partial charge in [0.2, 0.25) is 0 Å². The average Bonchev–Trinajstić information content (AvgIpc) is 2.66. The van der Waals surface area contributed by atoms with Gasteiger partial charge in [-0.05, 0) is 19.1 Å². The van der Waals surface area contributed by atoms with Crippen molar-refractivity contribution in [2.24, 2.45) is 0 Å². The highest BCUT2D eigenvalue weighted by atomic mass is 19.1. The summed E-state index contributed by atoms with van der Waals surface area (Å²) >= 11 is 0. The minimum absolute atomic E-state index is 0.0725. The van der Waals surface area contributed by atoms with Crippen molar-refractivity contribution in [2.45, 2.75) is 19.1 Å². The molecule has 0 bridgehead atoms. The molecule has 0 saturated carbocycles. The fourth-order valence-corrected chi connectivity index (χ4v) is 2.56. The number of nitrogens with zero attached hydrogens (tertiary/aromatic N) is 1. The van der Waals surface area contributed by atoms with E-state index in [4.69, 9.17) is 4.74 Å². The van der Waals surface area contributed by atoms with E-state index in [-0.39, 0.29) is 6.04 Å². The first kappa shape index (κ1) is 12.4. The van der Waals surface area contributed by atoms with E-state index in [2.05, 4.69) is 5.32 Å². The van der Waals surface area contributed by atoms with Crippen LogP contribution in [0.15, 0.2) is 12.1 Å². The van der Waals surface area contributed by atoms with Crippen LogP contribution in [0.3, 0.4) is 0 Å². The molecule has 1 fully saturated rings. The van der Waals surface area contributed by atoms with E-state index in [0.29, 0.717) is 36.7 Å². The summed E-state index contributed by atoms with van der Waals surface area (Å²) in [6.07, 6.45) is -1.28. The number of fused-ring (bicyclic) bond motifs is 1. The smallest absolute Gasteiger partial charge is 0.257 e. The minimum Gasteiger partial charge on any atom is -0.378 e. The Labute approximate surface area is 110 Å². The molecule has 6 heteroatoms. The maximum absolute atomic E-state index is 14.2. The number of aliphatic hydroxyl groups excluding tert-OH is 1. The van der Waals surface area contributed by atoms with E-state index in [9.17, 15) is 14.3 Å². The molecular formula is C13H15FN2O3. The Morgan fingerprint density at radius 3 is 3.05 bits per heavy atom. The van der Waals surface area contributed by atoms with E-state index in [1.54, 1.807) is 6.07 Å². The number of carbonyl (C=O) groups excluding carboxylic acids is 1. The van der Waals surface area contributed by atoms with Crippen LogP contribution in [-0.2, 0) is 9.53 Å². The molecule has 2 aliphatic heterocycles. The van der Waals surface area contributed by atoms with Crippen LogP contribution < -0.4 is 10.2 Å². The zero-order valence-electron chi connectivity index (χ0n) is 10.5. The van der Waals surface area contributed by atoms with Crippen LogP contribution in [0.1, 0.15) is 18.6 Å². The van der Waals surface area contributed by atoms with E-state index in [1.165, 1.54) is 6.07 Å². The van der Waals surface area contributed by atoms with Gasteiger partial charge in [0.05, 0.1) is 18.9 Å². The monoisotopic (exact) mass is 266 g/mol. The molecule has 1 amide bonds. The Balaban J connectivity index is 2.00. The summed E-state index contributed by atoms with van der Waals surface area (Å²) in [5.41, 5.74) is 1.21. The van der Waals surface area contributed by atoms with Gasteiger partial charge < -0.3 is 20.1 Å². The van der Waals surface area contributed by atoms with E-state index >= 15 is 0 Å². The van der Waals surface area contributed by atoms with E-state index in [1.807, 2.05) is 11.8 Å². The summed E-state index contributed by atoms with van der Waals surface area (Å²) in [4.78, 5) is 13.3. The number of ether oxygens (including phenoxy) is 1. The summed E-state index contributed by atoms with van der Waals surface area (Å²) < 4.78 is 19.5. The topological polar surface area (TPSA) is 61.8 Å². The number of anilines is 2. The Hall–Kier alpha value is -1.66. The van der Waals surface area contributed by atoms with Gasteiger partial charge in [0.1, 0.15) is 5.82 Å². The van der Waals surface area contributed by atoms with Gasteiger partial charge in [-0.1, -0.05) is 0 Å². The Morgan fingerprint density at radius 1 is 1.53 bits per heavy atom. The van der Waals surface area contributed by atoms with Crippen molar-refractivity contribution in [2.75, 3.05) is 30.0 Å². The molecule has 1 saturated heterocycles. The van der Waals surface area contributed by atoms with Crippen molar-refractivity contribution >= 4 is 17.3 Å². The third kappa shape index (κ3) is 1.97. The van der Waals surface area contributed by atoms with Gasteiger partial charge >= 0.3 is 0 Å². The summed E-state index contributed by atoms with van der Waals surface area (Å²) in [6.45, 7) is 3.66. The van der Waals surface area contributed by atoms with Gasteiger partial charge in [-0.3, -0.25) is 4.79 Å². The van der Waals surface area contributed by atoms with Crippen molar-refractivity contribution in [3.05, 3.63) is 23.5 Å². The molecule has 2 atom stereocenters. The fourth-order valence-electron chi connectivity index (χ4n) is 2.56. The molecule has 19 heavy (non-hydrogen) atoms. The lowest BCUT2D eigenvalue weighted by Gasteiger charge is -2.35. The number of carbonyl (C=O) groups is 1. The maximum atomic E-state index is 14.2. The molecule has 0 aromatic heterocycles. The second kappa shape index (κ2) is 4.47. The van der Waals surface area contributed by atoms with Crippen LogP contribution >= 0.6 is 0 Å². The van der Waals surface area contributed by atoms with Crippen molar-refractivity contribution in [1.82, 2.24) is 0 Å². The van der Waals surface area contributed by atoms with Crippen molar-refractivity contribution in [1.29, 1.82) is 0 Å². The Bertz CT molecular complexity index is 535. The van der Waals surface area contributed by atoms with Crippen molar-refractivity contribution in [3.8, 4) is 0 Å². The summed E-state index contributed by atoms with van der Waals surface area (Å²) in [5, 5.41) is 12.2. The lowest BCUT2D eigenvalue weighted by Crippen LogP contribution is -2.44. The van der Waals surface area contributed by atoms with Gasteiger partial charge in [0, 0.05) is 23.8 Å². The second-order valence-corrected chi connectivity index (χ2v) is 4.90. The highest BCUT2D eigenvalue weighted by Crippen LogP contribution is 2.36. The molecular weight excluding hydrogens is 251 g/mol. The van der Waals surface area contributed by atoms with Gasteiger partial charge in [-0.2, -0.15) is 0 Å². The van der Waals surface area contributed by atoms with Crippen LogP contribution in [0.5, 0.6) is 0 Å². The first-order chi connectivity index (χ1) is 9.08. The Morgan fingerprint density at radius 2 is 2.32 bits per heavy atom. The molecule has 102 valence electrons. The van der Waals surface area contributed by atoms with Crippen LogP contribution in [-0.4, -0.2) is 36.8 Å². The second-order valence-electron chi connectivity index (χ2n) is 4.90. The predicted molar refractivity (Wildman–Crippen MR) is 67.6 cm³/mol. The zero-order valence-corrected chi connectivity index (χ0v) is 10.5. The molecule has 0 radical (unpaired) electrons. The van der Waals surface area contributed by atoms with Crippen molar-refractivity contribution < 1.29 is 19.0 Å². The summed E-state index contributed by atoms with van der Waals surface area (Å²) in [7, 11) is 0. The molecule has 2 aliphatic rings. The quantitative estimate of drug-likeness (QED) is 0.797. The number of benzene rings is 1. The normalized spacial score (nSPS) is 26.3. The van der Waals surface area contributed by atoms with Gasteiger partial charge in [-0.25, -0.2) is 4.39 Å². The average molecular weight is 266 g/mol. The first-order valence-electron chi connectivity index (χ1n) is 6.24. The van der Waals surface area contributed by atoms with Crippen molar-refractivity contribution in [3.63, 3.8) is 0 Å².